The van der Waals surface area contributed by atoms with E-state index in [-0.39, 0.29) is 6.03 Å². The van der Waals surface area contributed by atoms with Crippen molar-refractivity contribution in [1.29, 1.82) is 0 Å². The van der Waals surface area contributed by atoms with E-state index >= 15 is 0 Å². The molecular formula is C13H27N3OS. The molecule has 1 saturated heterocycles. The summed E-state index contributed by atoms with van der Waals surface area (Å²) in [5, 5.41) is 3.63. The molecule has 1 N–H and O–H groups in total. The molecule has 0 aliphatic carbocycles. The number of nitrogens with one attached hydrogen (secondary N) is 1. The van der Waals surface area contributed by atoms with Gasteiger partial charge < -0.3 is 15.1 Å². The molecule has 0 spiro atoms. The Labute approximate surface area is 115 Å². The molecule has 0 aromatic rings. The minimum Gasteiger partial charge on any atom is -0.337 e. The molecule has 0 bridgehead atoms. The zero-order valence-corrected chi connectivity index (χ0v) is 12.9. The Morgan fingerprint density at radius 2 is 2.28 bits per heavy atom. The predicted molar refractivity (Wildman–Crippen MR) is 79.3 cm³/mol. The van der Waals surface area contributed by atoms with Gasteiger partial charge >= 0.3 is 6.03 Å². The van der Waals surface area contributed by atoms with E-state index in [9.17, 15) is 4.79 Å². The van der Waals surface area contributed by atoms with Gasteiger partial charge in [-0.3, -0.25) is 0 Å². The lowest BCUT2D eigenvalue weighted by atomic mass is 10.3. The predicted octanol–water partition coefficient (Wildman–Crippen LogP) is 1.86. The van der Waals surface area contributed by atoms with E-state index in [1.165, 1.54) is 0 Å². The number of amides is 2. The molecule has 0 aromatic carbocycles. The van der Waals surface area contributed by atoms with Crippen LogP contribution in [0.5, 0.6) is 0 Å². The first-order valence-electron chi connectivity index (χ1n) is 6.89. The highest BCUT2D eigenvalue weighted by Gasteiger charge is 2.22. The third-order valence-electron chi connectivity index (χ3n) is 3.50. The van der Waals surface area contributed by atoms with Gasteiger partial charge in [0.05, 0.1) is 0 Å². The van der Waals surface area contributed by atoms with Crippen molar-refractivity contribution in [2.75, 3.05) is 39.0 Å². The van der Waals surface area contributed by atoms with Crippen LogP contribution in [0.15, 0.2) is 0 Å². The number of carbonyl (C=O) groups excluding carboxylic acids is 1. The number of nitrogens with zero attached hydrogens (tertiary/aromatic N) is 2. The van der Waals surface area contributed by atoms with Gasteiger partial charge in [0.25, 0.3) is 0 Å². The maximum Gasteiger partial charge on any atom is 0.317 e. The maximum absolute atomic E-state index is 12.0. The summed E-state index contributed by atoms with van der Waals surface area (Å²) in [4.78, 5) is 16.2. The van der Waals surface area contributed by atoms with Gasteiger partial charge in [-0.05, 0) is 27.3 Å². The topological polar surface area (TPSA) is 35.6 Å². The minimum atomic E-state index is 0.103. The third-order valence-corrected chi connectivity index (χ3v) is 4.88. The van der Waals surface area contributed by atoms with E-state index in [0.29, 0.717) is 11.3 Å². The zero-order chi connectivity index (χ0) is 13.5. The molecule has 1 aliphatic heterocycles. The summed E-state index contributed by atoms with van der Waals surface area (Å²) in [6, 6.07) is 0.628. The highest BCUT2D eigenvalue weighted by Crippen LogP contribution is 2.20. The van der Waals surface area contributed by atoms with Crippen molar-refractivity contribution < 1.29 is 4.79 Å². The monoisotopic (exact) mass is 273 g/mol. The van der Waals surface area contributed by atoms with Crippen LogP contribution < -0.4 is 5.32 Å². The smallest absolute Gasteiger partial charge is 0.317 e. The Morgan fingerprint density at radius 3 is 2.89 bits per heavy atom. The van der Waals surface area contributed by atoms with Crippen molar-refractivity contribution >= 4 is 17.8 Å². The molecule has 1 fully saturated rings. The Hall–Kier alpha value is -0.420. The van der Waals surface area contributed by atoms with E-state index in [0.717, 1.165) is 38.4 Å². The van der Waals surface area contributed by atoms with Crippen molar-refractivity contribution in [2.24, 2.45) is 0 Å². The number of rotatable bonds is 5. The summed E-state index contributed by atoms with van der Waals surface area (Å²) < 4.78 is 0. The number of hydrogen-bond donors (Lipinski definition) is 1. The molecule has 0 saturated carbocycles. The maximum atomic E-state index is 12.0. The van der Waals surface area contributed by atoms with Crippen LogP contribution in [0.2, 0.25) is 0 Å². The normalized spacial score (nSPS) is 20.6. The lowest BCUT2D eigenvalue weighted by Crippen LogP contribution is -2.48. The molecule has 1 aliphatic rings. The number of likely N-dealkylation sites (N-methyl/N-ethyl adjacent to an activating group) is 1. The van der Waals surface area contributed by atoms with Crippen LogP contribution in [-0.2, 0) is 0 Å². The van der Waals surface area contributed by atoms with Crippen LogP contribution >= 0.6 is 11.8 Å². The van der Waals surface area contributed by atoms with E-state index in [2.05, 4.69) is 38.0 Å². The highest BCUT2D eigenvalue weighted by molar-refractivity contribution is 8.00. The van der Waals surface area contributed by atoms with E-state index in [1.54, 1.807) is 0 Å². The molecule has 18 heavy (non-hydrogen) atoms. The molecule has 1 rings (SSSR count). The summed E-state index contributed by atoms with van der Waals surface area (Å²) >= 11 is 1.99. The Kier molecular flexibility index (Phi) is 6.86. The molecule has 106 valence electrons. The first kappa shape index (κ1) is 15.6. The molecule has 2 amide bonds. The van der Waals surface area contributed by atoms with Gasteiger partial charge in [0, 0.05) is 43.2 Å². The van der Waals surface area contributed by atoms with Gasteiger partial charge in [0.15, 0.2) is 0 Å². The van der Waals surface area contributed by atoms with Crippen molar-refractivity contribution in [3.8, 4) is 0 Å². The number of carbonyl (C=O) groups is 1. The molecular weight excluding hydrogens is 246 g/mol. The molecule has 4 nitrogen and oxygen atoms in total. The van der Waals surface area contributed by atoms with E-state index in [1.807, 2.05) is 16.7 Å². The van der Waals surface area contributed by atoms with Gasteiger partial charge in [-0.1, -0.05) is 6.92 Å². The lowest BCUT2D eigenvalue weighted by molar-refractivity contribution is 0.196. The van der Waals surface area contributed by atoms with Crippen molar-refractivity contribution in [2.45, 2.75) is 38.5 Å². The molecule has 0 radical (unpaired) electrons. The van der Waals surface area contributed by atoms with Crippen LogP contribution in [0.1, 0.15) is 27.2 Å². The fourth-order valence-corrected chi connectivity index (χ4v) is 3.04. The molecule has 0 aromatic heterocycles. The van der Waals surface area contributed by atoms with Crippen LogP contribution in [0, 0.1) is 0 Å². The molecule has 1 heterocycles. The van der Waals surface area contributed by atoms with Crippen LogP contribution in [0.3, 0.4) is 0 Å². The summed E-state index contributed by atoms with van der Waals surface area (Å²) in [7, 11) is 2.08. The van der Waals surface area contributed by atoms with Gasteiger partial charge in [-0.2, -0.15) is 11.8 Å². The summed E-state index contributed by atoms with van der Waals surface area (Å²) in [5.74, 6) is 1.07. The zero-order valence-electron chi connectivity index (χ0n) is 12.1. The second-order valence-corrected chi connectivity index (χ2v) is 6.56. The Morgan fingerprint density at radius 1 is 1.56 bits per heavy atom. The van der Waals surface area contributed by atoms with E-state index < -0.39 is 0 Å². The second kappa shape index (κ2) is 7.89. The molecule has 5 heteroatoms. The minimum absolute atomic E-state index is 0.103. The summed E-state index contributed by atoms with van der Waals surface area (Å²) in [6.45, 7) is 9.93. The van der Waals surface area contributed by atoms with Gasteiger partial charge in [0.2, 0.25) is 0 Å². The number of urea groups is 1. The first-order chi connectivity index (χ1) is 8.54. The van der Waals surface area contributed by atoms with Gasteiger partial charge in [-0.15, -0.1) is 0 Å². The van der Waals surface area contributed by atoms with Crippen LogP contribution in [-0.4, -0.2) is 66.1 Å². The standard InChI is InChI=1S/C13H27N3OS/c1-5-12-10-16(8-9-18-12)13(17)14-6-7-15(4)11(2)3/h11-12H,5-10H2,1-4H3,(H,14,17)/t12-/m1/s1. The SMILES string of the molecule is CC[C@@H]1CN(C(=O)NCCN(C)C(C)C)CCS1. The first-order valence-corrected chi connectivity index (χ1v) is 7.94. The van der Waals surface area contributed by atoms with Crippen LogP contribution in [0.4, 0.5) is 4.79 Å². The van der Waals surface area contributed by atoms with Gasteiger partial charge in [-0.25, -0.2) is 4.79 Å². The molecule has 1 atom stereocenters. The van der Waals surface area contributed by atoms with Crippen LogP contribution in [0.25, 0.3) is 0 Å². The average Bonchev–Trinajstić information content (AvgIpc) is 2.38. The number of hydrogen-bond acceptors (Lipinski definition) is 3. The quantitative estimate of drug-likeness (QED) is 0.830. The fraction of sp³-hybridized carbons (Fsp3) is 0.923. The Balaban J connectivity index is 2.24. The second-order valence-electron chi connectivity index (χ2n) is 5.15. The third kappa shape index (κ3) is 5.06. The Bertz CT molecular complexity index is 261. The van der Waals surface area contributed by atoms with Crippen molar-refractivity contribution in [3.05, 3.63) is 0 Å². The molecule has 0 unspecified atom stereocenters. The number of thioether (sulfide) groups is 1. The van der Waals surface area contributed by atoms with E-state index in [4.69, 9.17) is 0 Å². The summed E-state index contributed by atoms with van der Waals surface area (Å²) in [5.41, 5.74) is 0. The van der Waals surface area contributed by atoms with Crippen molar-refractivity contribution in [1.82, 2.24) is 15.1 Å². The fourth-order valence-electron chi connectivity index (χ4n) is 1.86. The van der Waals surface area contributed by atoms with Gasteiger partial charge in [0.1, 0.15) is 0 Å². The lowest BCUT2D eigenvalue weighted by Gasteiger charge is -2.32. The average molecular weight is 273 g/mol. The largest absolute Gasteiger partial charge is 0.337 e. The summed E-state index contributed by atoms with van der Waals surface area (Å²) in [6.07, 6.45) is 1.14. The highest BCUT2D eigenvalue weighted by atomic mass is 32.2. The van der Waals surface area contributed by atoms with Crippen molar-refractivity contribution in [3.63, 3.8) is 0 Å².